The summed E-state index contributed by atoms with van der Waals surface area (Å²) in [5.74, 6) is 1.33. The molecular weight excluding hydrogens is 224 g/mol. The average Bonchev–Trinajstić information content (AvgIpc) is 2.27. The molecule has 0 spiro atoms. The summed E-state index contributed by atoms with van der Waals surface area (Å²) in [6.45, 7) is 6.20. The molecule has 4 nitrogen and oxygen atoms in total. The summed E-state index contributed by atoms with van der Waals surface area (Å²) in [6, 6.07) is 6.32. The highest BCUT2D eigenvalue weighted by atomic mass is 15.0. The Morgan fingerprint density at radius 2 is 1.78 bits per heavy atom. The second-order valence-corrected chi connectivity index (χ2v) is 4.44. The van der Waals surface area contributed by atoms with Gasteiger partial charge in [0.05, 0.1) is 0 Å². The van der Waals surface area contributed by atoms with Gasteiger partial charge in [-0.05, 0) is 43.5 Å². The van der Waals surface area contributed by atoms with Crippen molar-refractivity contribution in [3.8, 4) is 0 Å². The zero-order chi connectivity index (χ0) is 13.1. The average molecular weight is 242 g/mol. The molecule has 2 rings (SSSR count). The van der Waals surface area contributed by atoms with E-state index >= 15 is 0 Å². The first-order chi connectivity index (χ1) is 8.60. The second-order valence-electron chi connectivity index (χ2n) is 4.44. The molecule has 0 aliphatic rings. The molecule has 2 aromatic rings. The number of aryl methyl sites for hydroxylation is 2. The molecule has 1 heterocycles. The highest BCUT2D eigenvalue weighted by molar-refractivity contribution is 5.64. The molecule has 0 saturated carbocycles. The first kappa shape index (κ1) is 12.4. The predicted octanol–water partition coefficient (Wildman–Crippen LogP) is 2.98. The minimum absolute atomic E-state index is 0.541. The number of hydrogen-bond acceptors (Lipinski definition) is 4. The van der Waals surface area contributed by atoms with Gasteiger partial charge in [-0.1, -0.05) is 13.0 Å². The van der Waals surface area contributed by atoms with Gasteiger partial charge in [0, 0.05) is 11.3 Å². The Bertz CT molecular complexity index is 543. The lowest BCUT2D eigenvalue weighted by molar-refractivity contribution is 1.06. The van der Waals surface area contributed by atoms with Gasteiger partial charge in [-0.3, -0.25) is 0 Å². The summed E-state index contributed by atoms with van der Waals surface area (Å²) in [5, 5.41) is 3.31. The molecule has 0 bridgehead atoms. The van der Waals surface area contributed by atoms with Crippen LogP contribution < -0.4 is 11.1 Å². The summed E-state index contributed by atoms with van der Waals surface area (Å²) in [7, 11) is 0. The number of nitrogens with two attached hydrogens (primary N) is 1. The van der Waals surface area contributed by atoms with Crippen LogP contribution in [0.5, 0.6) is 0 Å². The number of nitrogens with zero attached hydrogens (tertiary/aromatic N) is 2. The molecule has 0 fully saturated rings. The van der Waals surface area contributed by atoms with E-state index in [1.54, 1.807) is 0 Å². The van der Waals surface area contributed by atoms with Crippen molar-refractivity contribution in [3.63, 3.8) is 0 Å². The lowest BCUT2D eigenvalue weighted by Gasteiger charge is -2.12. The highest BCUT2D eigenvalue weighted by Gasteiger charge is 2.07. The van der Waals surface area contributed by atoms with Crippen LogP contribution in [0, 0.1) is 13.8 Å². The lowest BCUT2D eigenvalue weighted by Crippen LogP contribution is -2.04. The number of aromatic nitrogens is 2. The summed E-state index contributed by atoms with van der Waals surface area (Å²) in [6.07, 6.45) is 2.29. The van der Waals surface area contributed by atoms with Gasteiger partial charge in [0.25, 0.3) is 0 Å². The van der Waals surface area contributed by atoms with E-state index in [4.69, 9.17) is 5.73 Å². The fraction of sp³-hybridized carbons (Fsp3) is 0.286. The Labute approximate surface area is 107 Å². The van der Waals surface area contributed by atoms with Crippen molar-refractivity contribution < 1.29 is 0 Å². The number of hydrogen-bond donors (Lipinski definition) is 2. The van der Waals surface area contributed by atoms with Crippen LogP contribution in [-0.4, -0.2) is 9.97 Å². The number of benzene rings is 1. The normalized spacial score (nSPS) is 10.4. The summed E-state index contributed by atoms with van der Waals surface area (Å²) >= 11 is 0. The number of rotatable bonds is 3. The second kappa shape index (κ2) is 5.04. The first-order valence-corrected chi connectivity index (χ1v) is 6.04. The van der Waals surface area contributed by atoms with Crippen molar-refractivity contribution in [2.45, 2.75) is 27.2 Å². The van der Waals surface area contributed by atoms with E-state index in [1.165, 1.54) is 17.5 Å². The molecule has 0 atom stereocenters. The molecule has 0 unspecified atom stereocenters. The van der Waals surface area contributed by atoms with Crippen LogP contribution in [0.25, 0.3) is 0 Å². The Balaban J connectivity index is 2.36. The van der Waals surface area contributed by atoms with Crippen molar-refractivity contribution in [2.24, 2.45) is 0 Å². The van der Waals surface area contributed by atoms with Crippen LogP contribution >= 0.6 is 0 Å². The monoisotopic (exact) mass is 242 g/mol. The Morgan fingerprint density at radius 1 is 1.11 bits per heavy atom. The largest absolute Gasteiger partial charge is 0.383 e. The van der Waals surface area contributed by atoms with Gasteiger partial charge in [0.1, 0.15) is 18.0 Å². The van der Waals surface area contributed by atoms with Gasteiger partial charge < -0.3 is 11.1 Å². The van der Waals surface area contributed by atoms with E-state index in [0.717, 1.165) is 23.5 Å². The van der Waals surface area contributed by atoms with Gasteiger partial charge in [0.15, 0.2) is 0 Å². The summed E-state index contributed by atoms with van der Waals surface area (Å²) in [5.41, 5.74) is 10.3. The fourth-order valence-corrected chi connectivity index (χ4v) is 2.07. The molecular formula is C14H18N4. The maximum atomic E-state index is 5.85. The van der Waals surface area contributed by atoms with Crippen LogP contribution in [0.3, 0.4) is 0 Å². The van der Waals surface area contributed by atoms with Crippen molar-refractivity contribution >= 4 is 17.3 Å². The molecule has 0 amide bonds. The number of nitrogen functional groups attached to an aromatic ring is 1. The van der Waals surface area contributed by atoms with E-state index in [9.17, 15) is 0 Å². The van der Waals surface area contributed by atoms with E-state index in [-0.39, 0.29) is 0 Å². The Hall–Kier alpha value is -2.10. The minimum atomic E-state index is 0.541. The SMILES string of the molecule is CCc1c(N)ncnc1Nc1cc(C)cc(C)c1. The molecule has 0 saturated heterocycles. The van der Waals surface area contributed by atoms with Gasteiger partial charge in [-0.25, -0.2) is 9.97 Å². The highest BCUT2D eigenvalue weighted by Crippen LogP contribution is 2.23. The summed E-state index contributed by atoms with van der Waals surface area (Å²) in [4.78, 5) is 8.28. The quantitative estimate of drug-likeness (QED) is 0.868. The molecule has 1 aromatic carbocycles. The Kier molecular flexibility index (Phi) is 3.46. The Morgan fingerprint density at radius 3 is 2.39 bits per heavy atom. The van der Waals surface area contributed by atoms with Crippen molar-refractivity contribution in [1.82, 2.24) is 9.97 Å². The molecule has 18 heavy (non-hydrogen) atoms. The lowest BCUT2D eigenvalue weighted by atomic mass is 10.1. The van der Waals surface area contributed by atoms with Crippen molar-refractivity contribution in [2.75, 3.05) is 11.1 Å². The van der Waals surface area contributed by atoms with Crippen molar-refractivity contribution in [1.29, 1.82) is 0 Å². The number of nitrogens with one attached hydrogen (secondary N) is 1. The minimum Gasteiger partial charge on any atom is -0.383 e. The maximum absolute atomic E-state index is 5.85. The first-order valence-electron chi connectivity index (χ1n) is 6.04. The molecule has 3 N–H and O–H groups in total. The van der Waals surface area contributed by atoms with Gasteiger partial charge in [-0.15, -0.1) is 0 Å². The predicted molar refractivity (Wildman–Crippen MR) is 75.0 cm³/mol. The number of anilines is 3. The van der Waals surface area contributed by atoms with Gasteiger partial charge >= 0.3 is 0 Å². The van der Waals surface area contributed by atoms with Gasteiger partial charge in [0.2, 0.25) is 0 Å². The molecule has 4 heteroatoms. The van der Waals surface area contributed by atoms with E-state index in [2.05, 4.69) is 47.3 Å². The van der Waals surface area contributed by atoms with Crippen LogP contribution in [0.1, 0.15) is 23.6 Å². The fourth-order valence-electron chi connectivity index (χ4n) is 2.07. The van der Waals surface area contributed by atoms with Crippen LogP contribution in [0.15, 0.2) is 24.5 Å². The van der Waals surface area contributed by atoms with E-state index in [0.29, 0.717) is 5.82 Å². The molecule has 0 aliphatic carbocycles. The maximum Gasteiger partial charge on any atom is 0.139 e. The molecule has 0 aliphatic heterocycles. The van der Waals surface area contributed by atoms with Gasteiger partial charge in [-0.2, -0.15) is 0 Å². The molecule has 1 aromatic heterocycles. The zero-order valence-electron chi connectivity index (χ0n) is 11.0. The third kappa shape index (κ3) is 2.59. The standard InChI is InChI=1S/C14H18N4/c1-4-12-13(15)16-8-17-14(12)18-11-6-9(2)5-10(3)7-11/h5-8H,4H2,1-3H3,(H3,15,16,17,18). The topological polar surface area (TPSA) is 63.8 Å². The van der Waals surface area contributed by atoms with Crippen LogP contribution in [0.2, 0.25) is 0 Å². The third-order valence-electron chi connectivity index (χ3n) is 2.82. The van der Waals surface area contributed by atoms with Crippen LogP contribution in [0.4, 0.5) is 17.3 Å². The zero-order valence-corrected chi connectivity index (χ0v) is 11.0. The smallest absolute Gasteiger partial charge is 0.139 e. The van der Waals surface area contributed by atoms with E-state index in [1.807, 2.05) is 6.92 Å². The van der Waals surface area contributed by atoms with Crippen LogP contribution in [-0.2, 0) is 6.42 Å². The molecule has 94 valence electrons. The summed E-state index contributed by atoms with van der Waals surface area (Å²) < 4.78 is 0. The third-order valence-corrected chi connectivity index (χ3v) is 2.82. The molecule has 0 radical (unpaired) electrons. The van der Waals surface area contributed by atoms with Crippen molar-refractivity contribution in [3.05, 3.63) is 41.2 Å². The van der Waals surface area contributed by atoms with E-state index < -0.39 is 0 Å².